The van der Waals surface area contributed by atoms with Gasteiger partial charge in [0.25, 0.3) is 0 Å². The molecule has 0 fully saturated rings. The summed E-state index contributed by atoms with van der Waals surface area (Å²) in [5.41, 5.74) is 0. The van der Waals surface area contributed by atoms with Gasteiger partial charge in [0.05, 0.1) is 6.20 Å². The topological polar surface area (TPSA) is 26.0 Å². The summed E-state index contributed by atoms with van der Waals surface area (Å²) in [6, 6.07) is 2.00. The average Bonchev–Trinajstić information content (AvgIpc) is 2.84. The van der Waals surface area contributed by atoms with Gasteiger partial charge in [-0.05, 0) is 5.92 Å². The van der Waals surface area contributed by atoms with Crippen LogP contribution in [0.1, 0.15) is 71.0 Å². The van der Waals surface area contributed by atoms with E-state index >= 15 is 0 Å². The molecule has 0 radical (unpaired) electrons. The summed E-state index contributed by atoms with van der Waals surface area (Å²) < 4.78 is 5.22. The summed E-state index contributed by atoms with van der Waals surface area (Å²) in [4.78, 5) is 0. The smallest absolute Gasteiger partial charge is 0.136 e. The second-order valence-corrected chi connectivity index (χ2v) is 5.04. The molecule has 2 heteroatoms. The Balaban J connectivity index is 2.26. The van der Waals surface area contributed by atoms with Crippen LogP contribution in [0.4, 0.5) is 0 Å². The van der Waals surface area contributed by atoms with Crippen LogP contribution >= 0.6 is 0 Å². The van der Waals surface area contributed by atoms with Crippen molar-refractivity contribution in [2.24, 2.45) is 5.92 Å². The molecule has 0 aliphatic carbocycles. The van der Waals surface area contributed by atoms with E-state index in [4.69, 9.17) is 4.52 Å². The highest BCUT2D eigenvalue weighted by molar-refractivity contribution is 4.94. The Hall–Kier alpha value is -0.790. The van der Waals surface area contributed by atoms with Gasteiger partial charge in [0.2, 0.25) is 0 Å². The molecule has 1 aromatic heterocycles. The maximum atomic E-state index is 5.22. The van der Waals surface area contributed by atoms with Gasteiger partial charge in [0.15, 0.2) is 0 Å². The van der Waals surface area contributed by atoms with Gasteiger partial charge in [-0.15, -0.1) is 0 Å². The van der Waals surface area contributed by atoms with Crippen molar-refractivity contribution in [1.29, 1.82) is 0 Å². The molecule has 0 amide bonds. The Morgan fingerprint density at radius 2 is 1.82 bits per heavy atom. The van der Waals surface area contributed by atoms with Crippen molar-refractivity contribution in [1.82, 2.24) is 5.16 Å². The van der Waals surface area contributed by atoms with Gasteiger partial charge in [0.1, 0.15) is 5.76 Å². The zero-order valence-corrected chi connectivity index (χ0v) is 11.5. The van der Waals surface area contributed by atoms with E-state index in [1.807, 2.05) is 6.07 Å². The maximum absolute atomic E-state index is 5.22. The first kappa shape index (κ1) is 14.3. The van der Waals surface area contributed by atoms with E-state index in [-0.39, 0.29) is 0 Å². The number of nitrogens with zero attached hydrogens (tertiary/aromatic N) is 1. The molecule has 1 aromatic rings. The summed E-state index contributed by atoms with van der Waals surface area (Å²) >= 11 is 0. The highest BCUT2D eigenvalue weighted by atomic mass is 16.5. The minimum absolute atomic E-state index is 0.791. The van der Waals surface area contributed by atoms with Crippen LogP contribution in [0.5, 0.6) is 0 Å². The van der Waals surface area contributed by atoms with Gasteiger partial charge in [-0.3, -0.25) is 0 Å². The maximum Gasteiger partial charge on any atom is 0.136 e. The van der Waals surface area contributed by atoms with Crippen LogP contribution in [-0.4, -0.2) is 5.16 Å². The number of unbranched alkanes of at least 4 members (excludes halogenated alkanes) is 4. The van der Waals surface area contributed by atoms with E-state index in [1.54, 1.807) is 6.20 Å². The standard InChI is InChI=1S/C15H27NO/c1-3-5-7-8-10-14(9-6-4-2)13-15-11-12-16-17-15/h11-12,14H,3-10,13H2,1-2H3. The lowest BCUT2D eigenvalue weighted by Gasteiger charge is -2.14. The molecule has 0 aliphatic heterocycles. The SMILES string of the molecule is CCCCCCC(CCCC)Cc1ccno1. The summed E-state index contributed by atoms with van der Waals surface area (Å²) in [5.74, 6) is 1.85. The van der Waals surface area contributed by atoms with E-state index in [0.29, 0.717) is 0 Å². The molecular formula is C15H27NO. The molecule has 0 aromatic carbocycles. The van der Waals surface area contributed by atoms with Gasteiger partial charge < -0.3 is 4.52 Å². The molecule has 1 heterocycles. The van der Waals surface area contributed by atoms with Crippen molar-refractivity contribution in [2.45, 2.75) is 71.6 Å². The third kappa shape index (κ3) is 6.50. The zero-order valence-electron chi connectivity index (χ0n) is 11.5. The Kier molecular flexibility index (Phi) is 7.78. The molecule has 0 saturated carbocycles. The van der Waals surface area contributed by atoms with E-state index < -0.39 is 0 Å². The second kappa shape index (κ2) is 9.26. The molecule has 1 unspecified atom stereocenters. The van der Waals surface area contributed by atoms with Crippen LogP contribution in [-0.2, 0) is 6.42 Å². The fourth-order valence-electron chi connectivity index (χ4n) is 2.33. The molecule has 0 aliphatic rings. The van der Waals surface area contributed by atoms with Crippen LogP contribution in [0.2, 0.25) is 0 Å². The van der Waals surface area contributed by atoms with E-state index in [1.165, 1.54) is 51.4 Å². The third-order valence-electron chi connectivity index (χ3n) is 3.41. The number of aromatic nitrogens is 1. The summed E-state index contributed by atoms with van der Waals surface area (Å²) in [6.07, 6.45) is 13.6. The summed E-state index contributed by atoms with van der Waals surface area (Å²) in [5, 5.41) is 3.79. The molecular weight excluding hydrogens is 210 g/mol. The van der Waals surface area contributed by atoms with Gasteiger partial charge in [-0.25, -0.2) is 0 Å². The number of hydrogen-bond acceptors (Lipinski definition) is 2. The normalized spacial score (nSPS) is 12.8. The van der Waals surface area contributed by atoms with Gasteiger partial charge in [0, 0.05) is 12.5 Å². The zero-order chi connectivity index (χ0) is 12.3. The van der Waals surface area contributed by atoms with Gasteiger partial charge in [-0.1, -0.05) is 70.4 Å². The summed E-state index contributed by atoms with van der Waals surface area (Å²) in [7, 11) is 0. The van der Waals surface area contributed by atoms with Crippen LogP contribution in [0, 0.1) is 5.92 Å². The van der Waals surface area contributed by atoms with Crippen LogP contribution in [0.25, 0.3) is 0 Å². The number of hydrogen-bond donors (Lipinski definition) is 0. The molecule has 1 rings (SSSR count). The molecule has 0 spiro atoms. The fraction of sp³-hybridized carbons (Fsp3) is 0.800. The predicted octanol–water partition coefficient (Wildman–Crippen LogP) is 4.99. The fourth-order valence-corrected chi connectivity index (χ4v) is 2.33. The second-order valence-electron chi connectivity index (χ2n) is 5.04. The molecule has 98 valence electrons. The molecule has 17 heavy (non-hydrogen) atoms. The summed E-state index contributed by atoms with van der Waals surface area (Å²) in [6.45, 7) is 4.53. The highest BCUT2D eigenvalue weighted by Crippen LogP contribution is 2.21. The first-order valence-corrected chi connectivity index (χ1v) is 7.26. The Morgan fingerprint density at radius 3 is 2.47 bits per heavy atom. The van der Waals surface area contributed by atoms with Crippen molar-refractivity contribution < 1.29 is 4.52 Å². The van der Waals surface area contributed by atoms with Gasteiger partial charge in [-0.2, -0.15) is 0 Å². The Labute approximate surface area is 106 Å². The molecule has 0 N–H and O–H groups in total. The first-order chi connectivity index (χ1) is 8.36. The van der Waals surface area contributed by atoms with Crippen molar-refractivity contribution in [3.8, 4) is 0 Å². The minimum atomic E-state index is 0.791. The number of rotatable bonds is 10. The van der Waals surface area contributed by atoms with E-state index in [2.05, 4.69) is 19.0 Å². The lowest BCUT2D eigenvalue weighted by atomic mass is 9.91. The van der Waals surface area contributed by atoms with Gasteiger partial charge >= 0.3 is 0 Å². The van der Waals surface area contributed by atoms with E-state index in [9.17, 15) is 0 Å². The highest BCUT2D eigenvalue weighted by Gasteiger charge is 2.11. The molecule has 0 saturated heterocycles. The first-order valence-electron chi connectivity index (χ1n) is 7.26. The van der Waals surface area contributed by atoms with Crippen molar-refractivity contribution in [2.75, 3.05) is 0 Å². The quantitative estimate of drug-likeness (QED) is 0.535. The molecule has 0 bridgehead atoms. The monoisotopic (exact) mass is 237 g/mol. The Morgan fingerprint density at radius 1 is 1.06 bits per heavy atom. The van der Waals surface area contributed by atoms with Crippen molar-refractivity contribution >= 4 is 0 Å². The lowest BCUT2D eigenvalue weighted by molar-refractivity contribution is 0.333. The Bertz CT molecular complexity index is 256. The predicted molar refractivity (Wildman–Crippen MR) is 72.0 cm³/mol. The largest absolute Gasteiger partial charge is 0.361 e. The average molecular weight is 237 g/mol. The molecule has 1 atom stereocenters. The van der Waals surface area contributed by atoms with E-state index in [0.717, 1.165) is 18.1 Å². The van der Waals surface area contributed by atoms with Crippen molar-refractivity contribution in [3.63, 3.8) is 0 Å². The molecule has 2 nitrogen and oxygen atoms in total. The van der Waals surface area contributed by atoms with Crippen LogP contribution < -0.4 is 0 Å². The lowest BCUT2D eigenvalue weighted by Crippen LogP contribution is -2.04. The van der Waals surface area contributed by atoms with Crippen LogP contribution in [0.3, 0.4) is 0 Å². The van der Waals surface area contributed by atoms with Crippen molar-refractivity contribution in [3.05, 3.63) is 18.0 Å². The minimum Gasteiger partial charge on any atom is -0.361 e. The van der Waals surface area contributed by atoms with Crippen LogP contribution in [0.15, 0.2) is 16.8 Å². The third-order valence-corrected chi connectivity index (χ3v) is 3.41.